The van der Waals surface area contributed by atoms with Gasteiger partial charge < -0.3 is 4.74 Å². The molecule has 33 heavy (non-hydrogen) atoms. The summed E-state index contributed by atoms with van der Waals surface area (Å²) in [7, 11) is 1.65. The SMILES string of the molecule is COc1ccc(Cn2c(=O)n3ncnc3c3c(C)c(CN4CCN(C(C)C)CC4)sc32)cc1. The number of aromatic nitrogens is 4. The zero-order valence-corrected chi connectivity index (χ0v) is 20.4. The van der Waals surface area contributed by atoms with Crippen molar-refractivity contribution in [2.24, 2.45) is 0 Å². The van der Waals surface area contributed by atoms with E-state index >= 15 is 0 Å². The highest BCUT2D eigenvalue weighted by Crippen LogP contribution is 2.33. The van der Waals surface area contributed by atoms with Crippen molar-refractivity contribution < 1.29 is 4.74 Å². The van der Waals surface area contributed by atoms with Crippen LogP contribution in [0.3, 0.4) is 0 Å². The lowest BCUT2D eigenvalue weighted by atomic mass is 10.1. The summed E-state index contributed by atoms with van der Waals surface area (Å²) in [5.74, 6) is 0.801. The fraction of sp³-hybridized carbons (Fsp3) is 0.458. The topological polar surface area (TPSA) is 67.9 Å². The molecule has 0 N–H and O–H groups in total. The molecular formula is C24H30N6O2S. The Balaban J connectivity index is 1.53. The monoisotopic (exact) mass is 466 g/mol. The Morgan fingerprint density at radius 1 is 1.09 bits per heavy atom. The zero-order chi connectivity index (χ0) is 23.1. The van der Waals surface area contributed by atoms with Crippen molar-refractivity contribution in [1.82, 2.24) is 29.0 Å². The molecule has 3 aromatic heterocycles. The molecule has 0 bridgehead atoms. The molecule has 1 saturated heterocycles. The number of benzene rings is 1. The second-order valence-corrected chi connectivity index (χ2v) is 10.0. The average Bonchev–Trinajstić information content (AvgIpc) is 3.42. The van der Waals surface area contributed by atoms with Gasteiger partial charge in [-0.05, 0) is 44.0 Å². The third-order valence-electron chi connectivity index (χ3n) is 6.66. The van der Waals surface area contributed by atoms with Crippen LogP contribution in [0.4, 0.5) is 0 Å². The number of rotatable bonds is 6. The Labute approximate surface area is 197 Å². The molecule has 0 unspecified atom stereocenters. The lowest BCUT2D eigenvalue weighted by Crippen LogP contribution is -2.48. The molecule has 1 aromatic carbocycles. The summed E-state index contributed by atoms with van der Waals surface area (Å²) in [6.45, 7) is 12.4. The number of hydrogen-bond acceptors (Lipinski definition) is 7. The predicted molar refractivity (Wildman–Crippen MR) is 131 cm³/mol. The fourth-order valence-corrected chi connectivity index (χ4v) is 5.93. The molecule has 0 amide bonds. The number of ether oxygens (including phenoxy) is 1. The van der Waals surface area contributed by atoms with Crippen molar-refractivity contribution in [3.63, 3.8) is 0 Å². The highest BCUT2D eigenvalue weighted by atomic mass is 32.1. The van der Waals surface area contributed by atoms with Crippen LogP contribution in [0.1, 0.15) is 29.9 Å². The Morgan fingerprint density at radius 2 is 1.82 bits per heavy atom. The number of nitrogens with zero attached hydrogens (tertiary/aromatic N) is 6. The Bertz CT molecular complexity index is 1330. The molecule has 1 aliphatic rings. The summed E-state index contributed by atoms with van der Waals surface area (Å²) in [5.41, 5.74) is 2.72. The second-order valence-electron chi connectivity index (χ2n) is 8.95. The third-order valence-corrected chi connectivity index (χ3v) is 7.96. The summed E-state index contributed by atoms with van der Waals surface area (Å²) >= 11 is 1.71. The van der Waals surface area contributed by atoms with Gasteiger partial charge in [0.25, 0.3) is 0 Å². The first-order valence-electron chi connectivity index (χ1n) is 11.4. The van der Waals surface area contributed by atoms with Crippen molar-refractivity contribution in [3.05, 3.63) is 57.1 Å². The Kier molecular flexibility index (Phi) is 5.94. The molecule has 4 aromatic rings. The summed E-state index contributed by atoms with van der Waals surface area (Å²) < 4.78 is 8.53. The van der Waals surface area contributed by atoms with Crippen molar-refractivity contribution >= 4 is 27.2 Å². The Hall–Kier alpha value is -2.75. The van der Waals surface area contributed by atoms with E-state index in [1.807, 2.05) is 28.8 Å². The largest absolute Gasteiger partial charge is 0.497 e. The van der Waals surface area contributed by atoms with Crippen LogP contribution in [0.15, 0.2) is 35.4 Å². The van der Waals surface area contributed by atoms with Crippen LogP contribution < -0.4 is 10.4 Å². The smallest absolute Gasteiger partial charge is 0.352 e. The van der Waals surface area contributed by atoms with E-state index in [-0.39, 0.29) is 5.69 Å². The van der Waals surface area contributed by atoms with Gasteiger partial charge >= 0.3 is 5.69 Å². The van der Waals surface area contributed by atoms with Crippen molar-refractivity contribution in [3.8, 4) is 5.75 Å². The zero-order valence-electron chi connectivity index (χ0n) is 19.6. The molecular weight excluding hydrogens is 436 g/mol. The van der Waals surface area contributed by atoms with Gasteiger partial charge in [-0.25, -0.2) is 9.78 Å². The van der Waals surface area contributed by atoms with Gasteiger partial charge in [-0.3, -0.25) is 14.4 Å². The maximum atomic E-state index is 13.3. The molecule has 8 nitrogen and oxygen atoms in total. The van der Waals surface area contributed by atoms with Crippen LogP contribution in [0.5, 0.6) is 5.75 Å². The third kappa shape index (κ3) is 4.05. The summed E-state index contributed by atoms with van der Waals surface area (Å²) in [4.78, 5) is 25.1. The van der Waals surface area contributed by atoms with Crippen LogP contribution in [-0.2, 0) is 13.1 Å². The van der Waals surface area contributed by atoms with Crippen molar-refractivity contribution in [1.29, 1.82) is 0 Å². The van der Waals surface area contributed by atoms with Gasteiger partial charge in [0.1, 0.15) is 16.9 Å². The number of aryl methyl sites for hydroxylation is 1. The molecule has 9 heteroatoms. The second kappa shape index (κ2) is 8.89. The maximum absolute atomic E-state index is 13.3. The minimum absolute atomic E-state index is 0.163. The van der Waals surface area contributed by atoms with E-state index < -0.39 is 0 Å². The van der Waals surface area contributed by atoms with Crippen LogP contribution >= 0.6 is 11.3 Å². The molecule has 5 rings (SSSR count). The van der Waals surface area contributed by atoms with E-state index in [9.17, 15) is 4.79 Å². The molecule has 1 aliphatic heterocycles. The standard InChI is InChI=1S/C24H30N6O2S/c1-16(2)28-11-9-27(10-12-28)14-20-17(3)21-22-25-15-26-30(22)24(31)29(23(21)33-20)13-18-5-7-19(32-4)8-6-18/h5-8,15-16H,9-14H2,1-4H3. The average molecular weight is 467 g/mol. The van der Waals surface area contributed by atoms with E-state index in [4.69, 9.17) is 4.74 Å². The minimum atomic E-state index is -0.163. The highest BCUT2D eigenvalue weighted by molar-refractivity contribution is 7.19. The maximum Gasteiger partial charge on any atom is 0.352 e. The summed E-state index contributed by atoms with van der Waals surface area (Å²) in [6.07, 6.45) is 1.47. The first kappa shape index (κ1) is 22.1. The molecule has 0 radical (unpaired) electrons. The molecule has 4 heterocycles. The summed E-state index contributed by atoms with van der Waals surface area (Å²) in [5, 5.41) is 5.26. The van der Waals surface area contributed by atoms with Crippen LogP contribution in [0, 0.1) is 6.92 Å². The normalized spacial score (nSPS) is 15.8. The van der Waals surface area contributed by atoms with Crippen LogP contribution in [0.25, 0.3) is 15.9 Å². The van der Waals surface area contributed by atoms with Crippen molar-refractivity contribution in [2.45, 2.75) is 39.9 Å². The van der Waals surface area contributed by atoms with Gasteiger partial charge in [0.05, 0.1) is 19.0 Å². The number of hydrogen-bond donors (Lipinski definition) is 0. The molecule has 0 spiro atoms. The van der Waals surface area contributed by atoms with Gasteiger partial charge in [-0.1, -0.05) is 12.1 Å². The molecule has 1 fully saturated rings. The molecule has 0 aliphatic carbocycles. The lowest BCUT2D eigenvalue weighted by Gasteiger charge is -2.36. The van der Waals surface area contributed by atoms with E-state index in [1.54, 1.807) is 18.4 Å². The highest BCUT2D eigenvalue weighted by Gasteiger charge is 2.23. The van der Waals surface area contributed by atoms with E-state index in [0.29, 0.717) is 18.2 Å². The van der Waals surface area contributed by atoms with Gasteiger partial charge in [0, 0.05) is 43.6 Å². The van der Waals surface area contributed by atoms with Crippen molar-refractivity contribution in [2.75, 3.05) is 33.3 Å². The predicted octanol–water partition coefficient (Wildman–Crippen LogP) is 3.00. The fourth-order valence-electron chi connectivity index (χ4n) is 4.60. The number of piperazine rings is 1. The van der Waals surface area contributed by atoms with Gasteiger partial charge in [-0.15, -0.1) is 11.3 Å². The van der Waals surface area contributed by atoms with Crippen LogP contribution in [0.2, 0.25) is 0 Å². The van der Waals surface area contributed by atoms with Crippen LogP contribution in [-0.4, -0.2) is 68.3 Å². The van der Waals surface area contributed by atoms with Gasteiger partial charge in [0.2, 0.25) is 0 Å². The first-order valence-corrected chi connectivity index (χ1v) is 12.2. The van der Waals surface area contributed by atoms with Gasteiger partial charge in [0.15, 0.2) is 5.65 Å². The quantitative estimate of drug-likeness (QED) is 0.435. The number of thiophene rings is 1. The number of methoxy groups -OCH3 is 1. The Morgan fingerprint density at radius 3 is 2.48 bits per heavy atom. The molecule has 174 valence electrons. The summed E-state index contributed by atoms with van der Waals surface area (Å²) in [6, 6.07) is 8.43. The first-order chi connectivity index (χ1) is 16.0. The molecule has 0 atom stereocenters. The number of fused-ring (bicyclic) bond motifs is 3. The minimum Gasteiger partial charge on any atom is -0.497 e. The van der Waals surface area contributed by atoms with E-state index in [1.165, 1.54) is 21.3 Å². The van der Waals surface area contributed by atoms with Gasteiger partial charge in [-0.2, -0.15) is 9.61 Å². The van der Waals surface area contributed by atoms with E-state index in [0.717, 1.165) is 54.3 Å². The van der Waals surface area contributed by atoms with E-state index in [2.05, 4.69) is 40.7 Å². The molecule has 0 saturated carbocycles. The lowest BCUT2D eigenvalue weighted by molar-refractivity contribution is 0.104.